The average molecular weight is 645 g/mol. The molecule has 10 aromatic carbocycles. The van der Waals surface area contributed by atoms with E-state index >= 15 is 0 Å². The summed E-state index contributed by atoms with van der Waals surface area (Å²) in [7, 11) is 0. The highest BCUT2D eigenvalue weighted by Crippen LogP contribution is 2.49. The van der Waals surface area contributed by atoms with E-state index in [1.807, 2.05) is 0 Å². The maximum Gasteiger partial charge on any atom is 0.252 e. The quantitative estimate of drug-likeness (QED) is 0.137. The summed E-state index contributed by atoms with van der Waals surface area (Å²) in [5, 5.41) is 13.0. The monoisotopic (exact) mass is 644 g/mol. The van der Waals surface area contributed by atoms with Crippen LogP contribution in [0.5, 0.6) is 0 Å². The van der Waals surface area contributed by atoms with Gasteiger partial charge in [-0.05, 0) is 95.9 Å². The summed E-state index contributed by atoms with van der Waals surface area (Å²) in [6.45, 7) is 0.0407. The van der Waals surface area contributed by atoms with Crippen molar-refractivity contribution in [2.24, 2.45) is 0 Å². The van der Waals surface area contributed by atoms with Crippen molar-refractivity contribution in [3.05, 3.63) is 176 Å². The molecule has 0 aliphatic carbocycles. The molecule has 0 saturated heterocycles. The smallest absolute Gasteiger partial charge is 0.252 e. The molecule has 0 bridgehead atoms. The Labute approximate surface area is 295 Å². The second kappa shape index (κ2) is 10.00. The molecule has 12 rings (SSSR count). The van der Waals surface area contributed by atoms with Crippen LogP contribution in [0.2, 0.25) is 0 Å². The summed E-state index contributed by atoms with van der Waals surface area (Å²) in [4.78, 5) is 5.07. The first-order chi connectivity index (χ1) is 25.3. The highest BCUT2D eigenvalue weighted by molar-refractivity contribution is 7.01. The maximum atomic E-state index is 2.54. The SMILES string of the molecule is c1ccc(N2c3cccc4c3B(c3ccc5c(ccc6ccccc65)c32)c2cc3ccc5cccc6ccc(c2N4c2ccccc2)c3c56)cc1. The highest BCUT2D eigenvalue weighted by atomic mass is 15.2. The first-order valence-corrected chi connectivity index (χ1v) is 17.8. The maximum absolute atomic E-state index is 2.54. The number of rotatable bonds is 2. The fraction of sp³-hybridized carbons (Fsp3) is 0. The van der Waals surface area contributed by atoms with Gasteiger partial charge >= 0.3 is 0 Å². The molecule has 3 heteroatoms. The van der Waals surface area contributed by atoms with Gasteiger partial charge in [-0.2, -0.15) is 0 Å². The van der Waals surface area contributed by atoms with E-state index in [9.17, 15) is 0 Å². The highest BCUT2D eigenvalue weighted by Gasteiger charge is 2.44. The number of nitrogens with zero attached hydrogens (tertiary/aromatic N) is 2. The molecule has 0 N–H and O–H groups in total. The summed E-state index contributed by atoms with van der Waals surface area (Å²) in [6.07, 6.45) is 0. The Kier molecular flexibility index (Phi) is 5.35. The fourth-order valence-electron chi connectivity index (χ4n) is 9.50. The van der Waals surface area contributed by atoms with Gasteiger partial charge in [0.25, 0.3) is 6.71 Å². The van der Waals surface area contributed by atoms with Crippen LogP contribution >= 0.6 is 0 Å². The third-order valence-electron chi connectivity index (χ3n) is 11.5. The summed E-state index contributed by atoms with van der Waals surface area (Å²) >= 11 is 0. The van der Waals surface area contributed by atoms with Crippen LogP contribution in [0.3, 0.4) is 0 Å². The topological polar surface area (TPSA) is 6.48 Å². The molecule has 0 radical (unpaired) electrons. The number of benzene rings is 10. The summed E-state index contributed by atoms with van der Waals surface area (Å²) < 4.78 is 0. The number of hydrogen-bond donors (Lipinski definition) is 0. The molecule has 51 heavy (non-hydrogen) atoms. The van der Waals surface area contributed by atoms with Crippen molar-refractivity contribution in [2.45, 2.75) is 0 Å². The minimum Gasteiger partial charge on any atom is -0.311 e. The molecule has 234 valence electrons. The Morgan fingerprint density at radius 2 is 0.882 bits per heavy atom. The molecule has 2 nitrogen and oxygen atoms in total. The van der Waals surface area contributed by atoms with Crippen molar-refractivity contribution in [1.82, 2.24) is 0 Å². The van der Waals surface area contributed by atoms with Gasteiger partial charge in [0.15, 0.2) is 0 Å². The molecule has 0 atom stereocenters. The second-order valence-electron chi connectivity index (χ2n) is 14.0. The lowest BCUT2D eigenvalue weighted by molar-refractivity contribution is 1.27. The molecule has 0 unspecified atom stereocenters. The lowest BCUT2D eigenvalue weighted by Gasteiger charge is -2.45. The van der Waals surface area contributed by atoms with Crippen LogP contribution in [0, 0.1) is 0 Å². The normalized spacial score (nSPS) is 13.4. The van der Waals surface area contributed by atoms with Gasteiger partial charge in [-0.3, -0.25) is 0 Å². The molecular formula is C48H29BN2. The fourth-order valence-corrected chi connectivity index (χ4v) is 9.50. The van der Waals surface area contributed by atoms with Crippen molar-refractivity contribution in [2.75, 3.05) is 9.80 Å². The van der Waals surface area contributed by atoms with Gasteiger partial charge < -0.3 is 9.80 Å². The Bertz CT molecular complexity index is 3010. The first kappa shape index (κ1) is 27.3. The zero-order chi connectivity index (χ0) is 33.2. The van der Waals surface area contributed by atoms with E-state index in [1.54, 1.807) is 0 Å². The first-order valence-electron chi connectivity index (χ1n) is 17.8. The van der Waals surface area contributed by atoms with Crippen molar-refractivity contribution in [3.63, 3.8) is 0 Å². The summed E-state index contributed by atoms with van der Waals surface area (Å²) in [5.74, 6) is 0. The summed E-state index contributed by atoms with van der Waals surface area (Å²) in [5.41, 5.74) is 11.4. The van der Waals surface area contributed by atoms with Gasteiger partial charge in [0.2, 0.25) is 0 Å². The molecule has 0 aromatic heterocycles. The van der Waals surface area contributed by atoms with E-state index in [4.69, 9.17) is 0 Å². The number of fused-ring (bicyclic) bond motifs is 9. The van der Waals surface area contributed by atoms with E-state index in [0.717, 1.165) is 0 Å². The van der Waals surface area contributed by atoms with Gasteiger partial charge in [-0.25, -0.2) is 0 Å². The van der Waals surface area contributed by atoms with E-state index in [0.29, 0.717) is 0 Å². The Morgan fingerprint density at radius 3 is 1.63 bits per heavy atom. The van der Waals surface area contributed by atoms with E-state index in [1.165, 1.54) is 104 Å². The number of anilines is 6. The summed E-state index contributed by atoms with van der Waals surface area (Å²) in [6, 6.07) is 65.6. The van der Waals surface area contributed by atoms with E-state index in [2.05, 4.69) is 186 Å². The van der Waals surface area contributed by atoms with Crippen molar-refractivity contribution in [3.8, 4) is 0 Å². The molecular weight excluding hydrogens is 615 g/mol. The zero-order valence-corrected chi connectivity index (χ0v) is 27.7. The Morgan fingerprint density at radius 1 is 0.333 bits per heavy atom. The van der Waals surface area contributed by atoms with Crippen molar-refractivity contribution < 1.29 is 0 Å². The van der Waals surface area contributed by atoms with Crippen LogP contribution in [0.15, 0.2) is 176 Å². The third-order valence-corrected chi connectivity index (χ3v) is 11.5. The largest absolute Gasteiger partial charge is 0.311 e. The predicted molar refractivity (Wildman–Crippen MR) is 219 cm³/mol. The minimum absolute atomic E-state index is 0.0407. The number of para-hydroxylation sites is 2. The molecule has 10 aromatic rings. The van der Waals surface area contributed by atoms with Gasteiger partial charge in [-0.1, -0.05) is 140 Å². The molecule has 0 amide bonds. The van der Waals surface area contributed by atoms with Crippen molar-refractivity contribution in [1.29, 1.82) is 0 Å². The van der Waals surface area contributed by atoms with Gasteiger partial charge in [0, 0.05) is 44.9 Å². The molecule has 2 aliphatic rings. The van der Waals surface area contributed by atoms with Crippen LogP contribution in [-0.2, 0) is 0 Å². The van der Waals surface area contributed by atoms with Gasteiger partial charge in [0.1, 0.15) is 0 Å². The van der Waals surface area contributed by atoms with Crippen LogP contribution in [0.1, 0.15) is 0 Å². The molecule has 0 fully saturated rings. The van der Waals surface area contributed by atoms with Crippen LogP contribution in [0.4, 0.5) is 34.1 Å². The molecule has 2 aliphatic heterocycles. The molecule has 0 saturated carbocycles. The third kappa shape index (κ3) is 3.57. The van der Waals surface area contributed by atoms with Crippen molar-refractivity contribution >= 4 is 111 Å². The molecule has 2 heterocycles. The van der Waals surface area contributed by atoms with Crippen LogP contribution in [-0.4, -0.2) is 6.71 Å². The van der Waals surface area contributed by atoms with Crippen LogP contribution in [0.25, 0.3) is 53.9 Å². The second-order valence-corrected chi connectivity index (χ2v) is 14.0. The van der Waals surface area contributed by atoms with Gasteiger partial charge in [0.05, 0.1) is 0 Å². The standard InChI is InChI=1S/C48H29BN2/c1-3-14-34(15-4-1)50-42-19-10-20-43-46(42)49(40-28-27-37-36-18-8-7-11-30(36)23-25-38(37)47(40)50)41-29-33-22-21-31-12-9-13-32-24-26-39(45(33)44(31)32)48(41)51(43)35-16-5-2-6-17-35/h1-29H. The van der Waals surface area contributed by atoms with E-state index < -0.39 is 0 Å². The Balaban J connectivity index is 1.27. The van der Waals surface area contributed by atoms with E-state index in [-0.39, 0.29) is 6.71 Å². The predicted octanol–water partition coefficient (Wildman–Crippen LogP) is 11.0. The lowest BCUT2D eigenvalue weighted by atomic mass is 9.33. The lowest BCUT2D eigenvalue weighted by Crippen LogP contribution is -2.61. The number of hydrogen-bond acceptors (Lipinski definition) is 2. The average Bonchev–Trinajstić information content (AvgIpc) is 3.20. The minimum atomic E-state index is 0.0407. The van der Waals surface area contributed by atoms with Gasteiger partial charge in [-0.15, -0.1) is 0 Å². The zero-order valence-electron chi connectivity index (χ0n) is 27.7. The Hall–Kier alpha value is -6.58. The van der Waals surface area contributed by atoms with Crippen LogP contribution < -0.4 is 26.2 Å². The molecule has 0 spiro atoms.